The third-order valence-corrected chi connectivity index (χ3v) is 5.27. The molecule has 0 aliphatic heterocycles. The standard InChI is InChI=1S/C18H20N2O6S/c1-12-4-6-14(9-17(12)27(23,24)19-2)20-18(22)11-26-15-7-5-13(10-21)8-16(15)25-3/h4-10,19H,11H2,1-3H3,(H,20,22). The van der Waals surface area contributed by atoms with Gasteiger partial charge in [0.15, 0.2) is 18.1 Å². The molecule has 2 rings (SSSR count). The first-order valence-electron chi connectivity index (χ1n) is 7.90. The van der Waals surface area contributed by atoms with Crippen LogP contribution in [0.5, 0.6) is 11.5 Å². The summed E-state index contributed by atoms with van der Waals surface area (Å²) < 4.78 is 36.8. The summed E-state index contributed by atoms with van der Waals surface area (Å²) in [4.78, 5) is 23.0. The van der Waals surface area contributed by atoms with E-state index in [9.17, 15) is 18.0 Å². The Kier molecular flexibility index (Phi) is 6.54. The Hall–Kier alpha value is -2.91. The van der Waals surface area contributed by atoms with Crippen molar-refractivity contribution >= 4 is 27.9 Å². The number of hydrogen-bond acceptors (Lipinski definition) is 6. The lowest BCUT2D eigenvalue weighted by atomic mass is 10.2. The molecule has 0 bridgehead atoms. The second-order valence-electron chi connectivity index (χ2n) is 5.55. The molecule has 8 nitrogen and oxygen atoms in total. The number of carbonyl (C=O) groups is 2. The summed E-state index contributed by atoms with van der Waals surface area (Å²) in [6, 6.07) is 9.13. The highest BCUT2D eigenvalue weighted by Gasteiger charge is 2.16. The van der Waals surface area contributed by atoms with E-state index in [0.29, 0.717) is 34.6 Å². The number of nitrogens with one attached hydrogen (secondary N) is 2. The van der Waals surface area contributed by atoms with Crippen LogP contribution in [-0.2, 0) is 14.8 Å². The van der Waals surface area contributed by atoms with Crippen molar-refractivity contribution in [3.05, 3.63) is 47.5 Å². The molecule has 2 N–H and O–H groups in total. The second kappa shape index (κ2) is 8.65. The van der Waals surface area contributed by atoms with Crippen molar-refractivity contribution in [3.8, 4) is 11.5 Å². The van der Waals surface area contributed by atoms with E-state index in [4.69, 9.17) is 9.47 Å². The van der Waals surface area contributed by atoms with E-state index < -0.39 is 15.9 Å². The van der Waals surface area contributed by atoms with Gasteiger partial charge < -0.3 is 14.8 Å². The molecule has 0 aliphatic rings. The zero-order valence-corrected chi connectivity index (χ0v) is 15.9. The smallest absolute Gasteiger partial charge is 0.262 e. The lowest BCUT2D eigenvalue weighted by molar-refractivity contribution is -0.118. The maximum atomic E-state index is 12.1. The molecule has 144 valence electrons. The summed E-state index contributed by atoms with van der Waals surface area (Å²) in [7, 11) is -0.896. The monoisotopic (exact) mass is 392 g/mol. The van der Waals surface area contributed by atoms with Gasteiger partial charge in [0, 0.05) is 11.3 Å². The number of ether oxygens (including phenoxy) is 2. The van der Waals surface area contributed by atoms with E-state index in [-0.39, 0.29) is 11.5 Å². The van der Waals surface area contributed by atoms with Gasteiger partial charge in [-0.1, -0.05) is 6.07 Å². The quantitative estimate of drug-likeness (QED) is 0.662. The molecule has 0 aromatic heterocycles. The van der Waals surface area contributed by atoms with E-state index in [1.807, 2.05) is 0 Å². The molecule has 0 unspecified atom stereocenters. The summed E-state index contributed by atoms with van der Waals surface area (Å²) in [5.41, 5.74) is 1.30. The van der Waals surface area contributed by atoms with Crippen LogP contribution in [0.15, 0.2) is 41.3 Å². The number of aldehydes is 1. The molecule has 27 heavy (non-hydrogen) atoms. The molecule has 9 heteroatoms. The Bertz CT molecular complexity index is 956. The molecule has 0 spiro atoms. The summed E-state index contributed by atoms with van der Waals surface area (Å²) in [6.07, 6.45) is 0.674. The van der Waals surface area contributed by atoms with Gasteiger partial charge in [-0.15, -0.1) is 0 Å². The number of carbonyl (C=O) groups excluding carboxylic acids is 2. The first-order valence-corrected chi connectivity index (χ1v) is 9.39. The van der Waals surface area contributed by atoms with E-state index >= 15 is 0 Å². The molecule has 1 amide bonds. The van der Waals surface area contributed by atoms with Crippen LogP contribution in [0, 0.1) is 6.92 Å². The predicted octanol–water partition coefficient (Wildman–Crippen LogP) is 1.74. The van der Waals surface area contributed by atoms with Gasteiger partial charge >= 0.3 is 0 Å². The SMILES string of the molecule is CNS(=O)(=O)c1cc(NC(=O)COc2ccc(C=O)cc2OC)ccc1C. The van der Waals surface area contributed by atoms with Crippen LogP contribution in [0.2, 0.25) is 0 Å². The minimum Gasteiger partial charge on any atom is -0.493 e. The van der Waals surface area contributed by atoms with Crippen LogP contribution in [0.4, 0.5) is 5.69 Å². The Morgan fingerprint density at radius 2 is 1.89 bits per heavy atom. The third-order valence-electron chi connectivity index (χ3n) is 3.71. The first kappa shape index (κ1) is 20.4. The average Bonchev–Trinajstić information content (AvgIpc) is 2.67. The van der Waals surface area contributed by atoms with Crippen molar-refractivity contribution in [1.29, 1.82) is 0 Å². The van der Waals surface area contributed by atoms with Crippen LogP contribution in [0.1, 0.15) is 15.9 Å². The van der Waals surface area contributed by atoms with Crippen molar-refractivity contribution in [3.63, 3.8) is 0 Å². The van der Waals surface area contributed by atoms with Gasteiger partial charge in [0.05, 0.1) is 12.0 Å². The molecule has 0 saturated carbocycles. The topological polar surface area (TPSA) is 111 Å². The molecule has 0 saturated heterocycles. The molecule has 0 fully saturated rings. The highest BCUT2D eigenvalue weighted by atomic mass is 32.2. The first-order chi connectivity index (χ1) is 12.8. The summed E-state index contributed by atoms with van der Waals surface area (Å²) in [5.74, 6) is 0.152. The van der Waals surface area contributed by atoms with Gasteiger partial charge in [0.25, 0.3) is 5.91 Å². The maximum absolute atomic E-state index is 12.1. The van der Waals surface area contributed by atoms with Crippen molar-refractivity contribution in [2.24, 2.45) is 0 Å². The average molecular weight is 392 g/mol. The fourth-order valence-electron chi connectivity index (χ4n) is 2.29. The summed E-state index contributed by atoms with van der Waals surface area (Å²) in [5, 5.41) is 2.58. The minimum absolute atomic E-state index is 0.0786. The van der Waals surface area contributed by atoms with Crippen LogP contribution in [0.3, 0.4) is 0 Å². The number of rotatable bonds is 8. The van der Waals surface area contributed by atoms with E-state index in [0.717, 1.165) is 0 Å². The molecule has 2 aromatic rings. The normalized spacial score (nSPS) is 10.9. The van der Waals surface area contributed by atoms with Gasteiger partial charge in [-0.25, -0.2) is 13.1 Å². The van der Waals surface area contributed by atoms with Crippen molar-refractivity contribution in [2.45, 2.75) is 11.8 Å². The molecule has 2 aromatic carbocycles. The largest absolute Gasteiger partial charge is 0.493 e. The number of amides is 1. The minimum atomic E-state index is -3.64. The van der Waals surface area contributed by atoms with Gasteiger partial charge in [-0.2, -0.15) is 0 Å². The molecule has 0 atom stereocenters. The molecule has 0 aliphatic carbocycles. The molecule has 0 heterocycles. The molecular formula is C18H20N2O6S. The van der Waals surface area contributed by atoms with E-state index in [2.05, 4.69) is 10.0 Å². The van der Waals surface area contributed by atoms with Crippen molar-refractivity contribution in [2.75, 3.05) is 26.1 Å². The van der Waals surface area contributed by atoms with E-state index in [1.54, 1.807) is 19.1 Å². The highest BCUT2D eigenvalue weighted by Crippen LogP contribution is 2.27. The van der Waals surface area contributed by atoms with Gasteiger partial charge in [-0.3, -0.25) is 9.59 Å². The number of anilines is 1. The zero-order valence-electron chi connectivity index (χ0n) is 15.1. The maximum Gasteiger partial charge on any atom is 0.262 e. The Balaban J connectivity index is 2.09. The van der Waals surface area contributed by atoms with Crippen LogP contribution in [-0.4, -0.2) is 41.4 Å². The van der Waals surface area contributed by atoms with Crippen LogP contribution < -0.4 is 19.5 Å². The second-order valence-corrected chi connectivity index (χ2v) is 7.41. The third kappa shape index (κ3) is 5.05. The van der Waals surface area contributed by atoms with Crippen LogP contribution in [0.25, 0.3) is 0 Å². The van der Waals surface area contributed by atoms with Crippen molar-refractivity contribution < 1.29 is 27.5 Å². The predicted molar refractivity (Wildman–Crippen MR) is 99.9 cm³/mol. The number of aryl methyl sites for hydroxylation is 1. The number of hydrogen-bond donors (Lipinski definition) is 2. The van der Waals surface area contributed by atoms with Gasteiger partial charge in [0.1, 0.15) is 6.29 Å². The Morgan fingerprint density at radius 1 is 1.15 bits per heavy atom. The van der Waals surface area contributed by atoms with Crippen LogP contribution >= 0.6 is 0 Å². The Morgan fingerprint density at radius 3 is 2.52 bits per heavy atom. The molecular weight excluding hydrogens is 372 g/mol. The number of benzene rings is 2. The fourth-order valence-corrected chi connectivity index (χ4v) is 3.29. The Labute approximate surface area is 157 Å². The zero-order chi connectivity index (χ0) is 20.0. The summed E-state index contributed by atoms with van der Waals surface area (Å²) >= 11 is 0. The summed E-state index contributed by atoms with van der Waals surface area (Å²) in [6.45, 7) is 1.34. The van der Waals surface area contributed by atoms with Crippen molar-refractivity contribution in [1.82, 2.24) is 4.72 Å². The van der Waals surface area contributed by atoms with Gasteiger partial charge in [-0.05, 0) is 49.9 Å². The number of sulfonamides is 1. The lowest BCUT2D eigenvalue weighted by Crippen LogP contribution is -2.22. The number of methoxy groups -OCH3 is 1. The highest BCUT2D eigenvalue weighted by molar-refractivity contribution is 7.89. The molecule has 0 radical (unpaired) electrons. The van der Waals surface area contributed by atoms with Gasteiger partial charge in [0.2, 0.25) is 10.0 Å². The fraction of sp³-hybridized carbons (Fsp3) is 0.222. The van der Waals surface area contributed by atoms with E-state index in [1.165, 1.54) is 38.4 Å². The lowest BCUT2D eigenvalue weighted by Gasteiger charge is -2.12.